The second-order valence-electron chi connectivity index (χ2n) is 3.86. The third-order valence-electron chi connectivity index (χ3n) is 2.14. The largest absolute Gasteiger partial charge is 0.399 e. The summed E-state index contributed by atoms with van der Waals surface area (Å²) in [6, 6.07) is 3.10. The summed E-state index contributed by atoms with van der Waals surface area (Å²) in [5.41, 5.74) is 5.41. The number of halogens is 1. The second kappa shape index (κ2) is 5.44. The molecule has 0 aliphatic rings. The van der Waals surface area contributed by atoms with Crippen LogP contribution in [0.5, 0.6) is 0 Å². The lowest BCUT2D eigenvalue weighted by Gasteiger charge is -2.10. The van der Waals surface area contributed by atoms with Gasteiger partial charge in [-0.2, -0.15) is 0 Å². The summed E-state index contributed by atoms with van der Waals surface area (Å²) < 4.78 is 38.8. The van der Waals surface area contributed by atoms with Gasteiger partial charge >= 0.3 is 0 Å². The molecule has 0 saturated heterocycles. The van der Waals surface area contributed by atoms with E-state index in [1.54, 1.807) is 6.92 Å². The highest BCUT2D eigenvalue weighted by molar-refractivity contribution is 7.89. The molecule has 0 fully saturated rings. The van der Waals surface area contributed by atoms with Crippen LogP contribution < -0.4 is 10.5 Å². The molecule has 96 valence electrons. The van der Waals surface area contributed by atoms with Gasteiger partial charge in [-0.1, -0.05) is 6.92 Å². The lowest BCUT2D eigenvalue weighted by molar-refractivity contribution is 0.238. The van der Waals surface area contributed by atoms with E-state index in [2.05, 4.69) is 4.72 Å². The van der Waals surface area contributed by atoms with E-state index in [9.17, 15) is 12.8 Å². The Bertz CT molecular complexity index is 470. The number of rotatable bonds is 5. The van der Waals surface area contributed by atoms with Crippen molar-refractivity contribution in [3.63, 3.8) is 0 Å². The van der Waals surface area contributed by atoms with Crippen LogP contribution in [0.3, 0.4) is 0 Å². The number of hydrogen-bond acceptors (Lipinski definition) is 4. The van der Waals surface area contributed by atoms with Gasteiger partial charge in [-0.05, 0) is 24.1 Å². The zero-order chi connectivity index (χ0) is 13.1. The third-order valence-corrected chi connectivity index (χ3v) is 3.54. The van der Waals surface area contributed by atoms with Gasteiger partial charge < -0.3 is 10.8 Å². The molecule has 0 spiro atoms. The Morgan fingerprint density at radius 2 is 2.12 bits per heavy atom. The fraction of sp³-hybridized carbons (Fsp3) is 0.400. The predicted octanol–water partition coefficient (Wildman–Crippen LogP) is 0.315. The van der Waals surface area contributed by atoms with Crippen molar-refractivity contribution >= 4 is 15.7 Å². The van der Waals surface area contributed by atoms with Crippen LogP contribution in [-0.4, -0.2) is 26.7 Å². The van der Waals surface area contributed by atoms with E-state index in [1.165, 1.54) is 6.07 Å². The van der Waals surface area contributed by atoms with Gasteiger partial charge in [0.15, 0.2) is 0 Å². The van der Waals surface area contributed by atoms with Crippen LogP contribution >= 0.6 is 0 Å². The van der Waals surface area contributed by atoms with Gasteiger partial charge in [0, 0.05) is 18.8 Å². The maximum atomic E-state index is 13.0. The minimum atomic E-state index is -3.79. The van der Waals surface area contributed by atoms with Crippen LogP contribution in [0.15, 0.2) is 23.1 Å². The Balaban J connectivity index is 2.89. The van der Waals surface area contributed by atoms with Crippen molar-refractivity contribution in [3.8, 4) is 0 Å². The average Bonchev–Trinajstić information content (AvgIpc) is 2.24. The summed E-state index contributed by atoms with van der Waals surface area (Å²) in [7, 11) is -3.79. The van der Waals surface area contributed by atoms with Gasteiger partial charge in [-0.15, -0.1) is 0 Å². The number of nitrogen functional groups attached to an aromatic ring is 1. The van der Waals surface area contributed by atoms with E-state index in [0.717, 1.165) is 12.1 Å². The van der Waals surface area contributed by atoms with Crippen molar-refractivity contribution in [2.75, 3.05) is 18.9 Å². The smallest absolute Gasteiger partial charge is 0.240 e. The van der Waals surface area contributed by atoms with Crippen LogP contribution in [0.25, 0.3) is 0 Å². The maximum absolute atomic E-state index is 13.0. The summed E-state index contributed by atoms with van der Waals surface area (Å²) in [6.45, 7) is 1.63. The first kappa shape index (κ1) is 13.9. The maximum Gasteiger partial charge on any atom is 0.240 e. The quantitative estimate of drug-likeness (QED) is 0.666. The summed E-state index contributed by atoms with van der Waals surface area (Å²) in [6.07, 6.45) is 0. The highest BCUT2D eigenvalue weighted by Crippen LogP contribution is 2.15. The molecule has 0 bridgehead atoms. The Morgan fingerprint density at radius 1 is 1.47 bits per heavy atom. The van der Waals surface area contributed by atoms with E-state index in [4.69, 9.17) is 10.8 Å². The van der Waals surface area contributed by atoms with E-state index in [1.807, 2.05) is 0 Å². The van der Waals surface area contributed by atoms with E-state index >= 15 is 0 Å². The van der Waals surface area contributed by atoms with Crippen molar-refractivity contribution in [1.82, 2.24) is 4.72 Å². The van der Waals surface area contributed by atoms with Crippen LogP contribution in [0.2, 0.25) is 0 Å². The minimum absolute atomic E-state index is 0.0422. The van der Waals surface area contributed by atoms with Crippen LogP contribution in [-0.2, 0) is 10.0 Å². The zero-order valence-corrected chi connectivity index (χ0v) is 10.2. The first-order chi connectivity index (χ1) is 7.85. The fourth-order valence-corrected chi connectivity index (χ4v) is 2.37. The summed E-state index contributed by atoms with van der Waals surface area (Å²) in [5.74, 6) is -0.920. The SMILES string of the molecule is CC(CO)CNS(=O)(=O)c1cc(N)cc(F)c1. The van der Waals surface area contributed by atoms with Crippen LogP contribution in [0.4, 0.5) is 10.1 Å². The summed E-state index contributed by atoms with van der Waals surface area (Å²) in [4.78, 5) is -0.222. The molecule has 0 saturated carbocycles. The van der Waals surface area contributed by atoms with Gasteiger partial charge in [-0.25, -0.2) is 17.5 Å². The molecular formula is C10H15FN2O3S. The molecule has 0 heterocycles. The van der Waals surface area contributed by atoms with Gasteiger partial charge in [0.25, 0.3) is 0 Å². The molecule has 0 aromatic heterocycles. The molecule has 7 heteroatoms. The van der Waals surface area contributed by atoms with Crippen molar-refractivity contribution in [1.29, 1.82) is 0 Å². The Labute approximate surface area is 99.5 Å². The molecule has 1 aromatic rings. The summed E-state index contributed by atoms with van der Waals surface area (Å²) >= 11 is 0. The number of benzene rings is 1. The van der Waals surface area contributed by atoms with E-state index in [-0.39, 0.29) is 29.7 Å². The fourth-order valence-electron chi connectivity index (χ4n) is 1.14. The number of aliphatic hydroxyl groups excluding tert-OH is 1. The molecule has 0 radical (unpaired) electrons. The molecule has 5 nitrogen and oxygen atoms in total. The minimum Gasteiger partial charge on any atom is -0.399 e. The molecule has 1 rings (SSSR count). The molecular weight excluding hydrogens is 247 g/mol. The molecule has 17 heavy (non-hydrogen) atoms. The number of nitrogens with one attached hydrogen (secondary N) is 1. The van der Waals surface area contributed by atoms with Gasteiger partial charge in [0.1, 0.15) is 5.82 Å². The number of nitrogens with two attached hydrogens (primary N) is 1. The molecule has 0 aliphatic heterocycles. The normalized spacial score (nSPS) is 13.6. The Kier molecular flexibility index (Phi) is 4.44. The molecule has 0 amide bonds. The molecule has 4 N–H and O–H groups in total. The standard InChI is InChI=1S/C10H15FN2O3S/c1-7(6-14)5-13-17(15,16)10-3-8(11)2-9(12)4-10/h2-4,7,13-14H,5-6,12H2,1H3. The number of aliphatic hydroxyl groups is 1. The highest BCUT2D eigenvalue weighted by atomic mass is 32.2. The average molecular weight is 262 g/mol. The van der Waals surface area contributed by atoms with Gasteiger partial charge in [-0.3, -0.25) is 0 Å². The molecule has 1 atom stereocenters. The lowest BCUT2D eigenvalue weighted by Crippen LogP contribution is -2.29. The zero-order valence-electron chi connectivity index (χ0n) is 9.35. The van der Waals surface area contributed by atoms with Crippen molar-refractivity contribution in [3.05, 3.63) is 24.0 Å². The van der Waals surface area contributed by atoms with Crippen molar-refractivity contribution < 1.29 is 17.9 Å². The molecule has 0 aliphatic carbocycles. The molecule has 1 aromatic carbocycles. The summed E-state index contributed by atoms with van der Waals surface area (Å²) in [5, 5.41) is 8.78. The van der Waals surface area contributed by atoms with E-state index < -0.39 is 15.8 Å². The van der Waals surface area contributed by atoms with Crippen LogP contribution in [0.1, 0.15) is 6.92 Å². The van der Waals surface area contributed by atoms with Crippen LogP contribution in [0, 0.1) is 11.7 Å². The Hall–Kier alpha value is -1.18. The number of anilines is 1. The predicted molar refractivity (Wildman–Crippen MR) is 62.3 cm³/mol. The second-order valence-corrected chi connectivity index (χ2v) is 5.63. The highest BCUT2D eigenvalue weighted by Gasteiger charge is 2.16. The monoisotopic (exact) mass is 262 g/mol. The molecule has 1 unspecified atom stereocenters. The van der Waals surface area contributed by atoms with E-state index in [0.29, 0.717) is 0 Å². The Morgan fingerprint density at radius 3 is 2.65 bits per heavy atom. The topological polar surface area (TPSA) is 92.4 Å². The van der Waals surface area contributed by atoms with Gasteiger partial charge in [0.05, 0.1) is 4.90 Å². The number of hydrogen-bond donors (Lipinski definition) is 3. The third kappa shape index (κ3) is 3.95. The first-order valence-electron chi connectivity index (χ1n) is 5.01. The number of sulfonamides is 1. The first-order valence-corrected chi connectivity index (χ1v) is 6.50. The van der Waals surface area contributed by atoms with Crippen molar-refractivity contribution in [2.24, 2.45) is 5.92 Å². The lowest BCUT2D eigenvalue weighted by atomic mass is 10.2. The van der Waals surface area contributed by atoms with Crippen molar-refractivity contribution in [2.45, 2.75) is 11.8 Å². The van der Waals surface area contributed by atoms with Gasteiger partial charge in [0.2, 0.25) is 10.0 Å².